The van der Waals surface area contributed by atoms with Crippen LogP contribution in [0.15, 0.2) is 6.07 Å². The Balaban J connectivity index is 1.88. The van der Waals surface area contributed by atoms with Crippen LogP contribution >= 0.6 is 0 Å². The van der Waals surface area contributed by atoms with Crippen molar-refractivity contribution in [1.82, 2.24) is 9.47 Å². The van der Waals surface area contributed by atoms with Gasteiger partial charge in [-0.3, -0.25) is 4.79 Å². The maximum absolute atomic E-state index is 12.9. The minimum absolute atomic E-state index is 0.181. The molecule has 2 heterocycles. The van der Waals surface area contributed by atoms with Gasteiger partial charge < -0.3 is 15.2 Å². The van der Waals surface area contributed by atoms with Gasteiger partial charge in [0, 0.05) is 36.6 Å². The van der Waals surface area contributed by atoms with E-state index in [4.69, 9.17) is 5.73 Å². The molecule has 1 aromatic rings. The van der Waals surface area contributed by atoms with Crippen LogP contribution in [0.3, 0.4) is 0 Å². The fourth-order valence-corrected chi connectivity index (χ4v) is 3.56. The zero-order valence-corrected chi connectivity index (χ0v) is 12.6. The molecule has 1 unspecified atom stereocenters. The molecule has 1 atom stereocenters. The van der Waals surface area contributed by atoms with Crippen molar-refractivity contribution in [3.8, 4) is 0 Å². The van der Waals surface area contributed by atoms with Crippen LogP contribution in [0.25, 0.3) is 0 Å². The van der Waals surface area contributed by atoms with Crippen LogP contribution in [0, 0.1) is 13.8 Å². The summed E-state index contributed by atoms with van der Waals surface area (Å²) in [5.74, 6) is 0.181. The van der Waals surface area contributed by atoms with E-state index in [0.29, 0.717) is 12.6 Å². The van der Waals surface area contributed by atoms with Crippen LogP contribution in [0.4, 0.5) is 0 Å². The number of likely N-dealkylation sites (tertiary alicyclic amines) is 1. The number of carbonyl (C=O) groups is 1. The van der Waals surface area contributed by atoms with Gasteiger partial charge in [0.05, 0.1) is 5.56 Å². The minimum atomic E-state index is 0.181. The molecule has 1 amide bonds. The molecule has 1 aliphatic carbocycles. The van der Waals surface area contributed by atoms with Crippen molar-refractivity contribution in [2.24, 2.45) is 5.73 Å². The van der Waals surface area contributed by atoms with Gasteiger partial charge in [0.25, 0.3) is 5.91 Å². The van der Waals surface area contributed by atoms with Crippen LogP contribution < -0.4 is 5.73 Å². The molecule has 2 aliphatic rings. The van der Waals surface area contributed by atoms with E-state index in [9.17, 15) is 4.79 Å². The van der Waals surface area contributed by atoms with E-state index in [1.54, 1.807) is 0 Å². The van der Waals surface area contributed by atoms with Gasteiger partial charge >= 0.3 is 0 Å². The van der Waals surface area contributed by atoms with Crippen molar-refractivity contribution in [3.05, 3.63) is 23.0 Å². The zero-order valence-electron chi connectivity index (χ0n) is 12.6. The zero-order chi connectivity index (χ0) is 14.3. The fourth-order valence-electron chi connectivity index (χ4n) is 3.56. The normalized spacial score (nSPS) is 23.1. The van der Waals surface area contributed by atoms with Gasteiger partial charge in [-0.25, -0.2) is 0 Å². The van der Waals surface area contributed by atoms with Crippen LogP contribution in [-0.4, -0.2) is 34.5 Å². The Morgan fingerprint density at radius 2 is 2.05 bits per heavy atom. The molecule has 1 saturated carbocycles. The fraction of sp³-hybridized carbons (Fsp3) is 0.688. The van der Waals surface area contributed by atoms with Gasteiger partial charge in [0.15, 0.2) is 0 Å². The largest absolute Gasteiger partial charge is 0.345 e. The first-order valence-electron chi connectivity index (χ1n) is 7.83. The van der Waals surface area contributed by atoms with Crippen molar-refractivity contribution in [2.45, 2.75) is 58.0 Å². The summed E-state index contributed by atoms with van der Waals surface area (Å²) in [7, 11) is 0. The maximum Gasteiger partial charge on any atom is 0.255 e. The molecule has 0 bridgehead atoms. The Morgan fingerprint density at radius 1 is 1.30 bits per heavy atom. The number of nitrogens with two attached hydrogens (primary N) is 1. The van der Waals surface area contributed by atoms with Gasteiger partial charge in [0.2, 0.25) is 0 Å². The molecule has 4 nitrogen and oxygen atoms in total. The molecule has 20 heavy (non-hydrogen) atoms. The quantitative estimate of drug-likeness (QED) is 0.921. The second-order valence-electron chi connectivity index (χ2n) is 6.27. The average Bonchev–Trinajstić information content (AvgIpc) is 3.24. The SMILES string of the molecule is Cc1cc(C(=O)N2CCCCC2CN)c(C)n1C1CC1. The summed E-state index contributed by atoms with van der Waals surface area (Å²) >= 11 is 0. The summed E-state index contributed by atoms with van der Waals surface area (Å²) < 4.78 is 2.34. The van der Waals surface area contributed by atoms with Crippen LogP contribution in [0.1, 0.15) is 59.9 Å². The molecule has 1 aliphatic heterocycles. The van der Waals surface area contributed by atoms with Crippen molar-refractivity contribution < 1.29 is 4.79 Å². The Hall–Kier alpha value is -1.29. The van der Waals surface area contributed by atoms with Crippen LogP contribution in [-0.2, 0) is 0 Å². The highest BCUT2D eigenvalue weighted by Gasteiger charge is 2.32. The standard InChI is InChI=1S/C16H25N3O/c1-11-9-15(12(2)19(11)13-6-7-13)16(20)18-8-4-3-5-14(18)10-17/h9,13-14H,3-8,10,17H2,1-2H3. The smallest absolute Gasteiger partial charge is 0.255 e. The Labute approximate surface area is 120 Å². The molecular weight excluding hydrogens is 250 g/mol. The molecule has 1 saturated heterocycles. The summed E-state index contributed by atoms with van der Waals surface area (Å²) in [6.07, 6.45) is 5.83. The first kappa shape index (κ1) is 13.7. The molecule has 0 radical (unpaired) electrons. The van der Waals surface area contributed by atoms with E-state index in [0.717, 1.165) is 30.6 Å². The number of hydrogen-bond donors (Lipinski definition) is 1. The number of nitrogens with zero attached hydrogens (tertiary/aromatic N) is 2. The molecule has 2 N–H and O–H groups in total. The number of piperidine rings is 1. The van der Waals surface area contributed by atoms with Crippen LogP contribution in [0.5, 0.6) is 0 Å². The summed E-state index contributed by atoms with van der Waals surface area (Å²) in [6.45, 7) is 5.62. The van der Waals surface area contributed by atoms with Gasteiger partial charge in [-0.1, -0.05) is 0 Å². The van der Waals surface area contributed by atoms with Gasteiger partial charge in [-0.15, -0.1) is 0 Å². The topological polar surface area (TPSA) is 51.3 Å². The highest BCUT2D eigenvalue weighted by Crippen LogP contribution is 2.38. The molecule has 4 heteroatoms. The third kappa shape index (κ3) is 2.26. The summed E-state index contributed by atoms with van der Waals surface area (Å²) in [6, 6.07) is 2.92. The van der Waals surface area contributed by atoms with Crippen molar-refractivity contribution in [1.29, 1.82) is 0 Å². The number of hydrogen-bond acceptors (Lipinski definition) is 2. The average molecular weight is 275 g/mol. The molecule has 3 rings (SSSR count). The van der Waals surface area contributed by atoms with E-state index < -0.39 is 0 Å². The lowest BCUT2D eigenvalue weighted by molar-refractivity contribution is 0.0622. The number of aryl methyl sites for hydroxylation is 1. The van der Waals surface area contributed by atoms with E-state index in [1.165, 1.54) is 25.0 Å². The van der Waals surface area contributed by atoms with E-state index in [-0.39, 0.29) is 11.9 Å². The van der Waals surface area contributed by atoms with E-state index in [2.05, 4.69) is 24.5 Å². The van der Waals surface area contributed by atoms with Crippen molar-refractivity contribution in [2.75, 3.05) is 13.1 Å². The van der Waals surface area contributed by atoms with Gasteiger partial charge in [0.1, 0.15) is 0 Å². The molecular formula is C16H25N3O. The predicted molar refractivity (Wildman–Crippen MR) is 79.9 cm³/mol. The van der Waals surface area contributed by atoms with Crippen molar-refractivity contribution in [3.63, 3.8) is 0 Å². The van der Waals surface area contributed by atoms with E-state index >= 15 is 0 Å². The van der Waals surface area contributed by atoms with Gasteiger partial charge in [-0.05, 0) is 52.0 Å². The lowest BCUT2D eigenvalue weighted by Gasteiger charge is -2.35. The predicted octanol–water partition coefficient (Wildman–Crippen LogP) is 2.39. The molecule has 1 aromatic heterocycles. The summed E-state index contributed by atoms with van der Waals surface area (Å²) in [5.41, 5.74) is 9.08. The van der Waals surface area contributed by atoms with E-state index in [1.807, 2.05) is 4.90 Å². The second kappa shape index (κ2) is 5.24. The lowest BCUT2D eigenvalue weighted by atomic mass is 10.0. The summed E-state index contributed by atoms with van der Waals surface area (Å²) in [4.78, 5) is 14.9. The first-order valence-corrected chi connectivity index (χ1v) is 7.83. The Bertz CT molecular complexity index is 516. The van der Waals surface area contributed by atoms with Gasteiger partial charge in [-0.2, -0.15) is 0 Å². The molecule has 0 spiro atoms. The van der Waals surface area contributed by atoms with Crippen molar-refractivity contribution >= 4 is 5.91 Å². The Kier molecular flexibility index (Phi) is 3.59. The highest BCUT2D eigenvalue weighted by atomic mass is 16.2. The molecule has 110 valence electrons. The summed E-state index contributed by atoms with van der Waals surface area (Å²) in [5, 5.41) is 0. The third-order valence-corrected chi connectivity index (χ3v) is 4.79. The highest BCUT2D eigenvalue weighted by molar-refractivity contribution is 5.96. The third-order valence-electron chi connectivity index (χ3n) is 4.79. The van der Waals surface area contributed by atoms with Crippen LogP contribution in [0.2, 0.25) is 0 Å². The molecule has 0 aromatic carbocycles. The Morgan fingerprint density at radius 3 is 2.70 bits per heavy atom. The number of aromatic nitrogens is 1. The molecule has 2 fully saturated rings. The minimum Gasteiger partial charge on any atom is -0.345 e. The number of rotatable bonds is 3. The lowest BCUT2D eigenvalue weighted by Crippen LogP contribution is -2.47. The number of carbonyl (C=O) groups excluding carboxylic acids is 1. The maximum atomic E-state index is 12.9. The monoisotopic (exact) mass is 275 g/mol. The first-order chi connectivity index (χ1) is 9.63. The second-order valence-corrected chi connectivity index (χ2v) is 6.27. The number of amides is 1.